The Bertz CT molecular complexity index is 152. The van der Waals surface area contributed by atoms with E-state index in [1.54, 1.807) is 0 Å². The van der Waals surface area contributed by atoms with Crippen LogP contribution in [-0.4, -0.2) is 17.1 Å². The predicted molar refractivity (Wildman–Crippen MR) is 46.6 cm³/mol. The van der Waals surface area contributed by atoms with E-state index in [0.717, 1.165) is 0 Å². The zero-order valence-corrected chi connectivity index (χ0v) is 7.46. The Morgan fingerprint density at radius 1 is 1.90 bits per heavy atom. The van der Waals surface area contributed by atoms with Gasteiger partial charge in [0, 0.05) is 35.3 Å². The third kappa shape index (κ3) is 4.58. The van der Waals surface area contributed by atoms with Crippen molar-refractivity contribution in [1.29, 1.82) is 0 Å². The maximum absolute atomic E-state index is 10.1. The van der Waals surface area contributed by atoms with E-state index in [1.807, 2.05) is 22.9 Å². The summed E-state index contributed by atoms with van der Waals surface area (Å²) < 4.78 is 2.78. The van der Waals surface area contributed by atoms with E-state index in [9.17, 15) is 4.79 Å². The molecule has 0 fully saturated rings. The summed E-state index contributed by atoms with van der Waals surface area (Å²) in [5.41, 5.74) is 0. The number of nitrogens with one attached hydrogen (secondary N) is 1. The summed E-state index contributed by atoms with van der Waals surface area (Å²) in [4.78, 5) is 10.1. The molecule has 0 aliphatic heterocycles. The lowest BCUT2D eigenvalue weighted by atomic mass is 10.2. The summed E-state index contributed by atoms with van der Waals surface area (Å²) in [5, 5.41) is 8.33. The molecule has 0 saturated carbocycles. The standard InChI is InChI=1S/C6H8INO2/c1-2-3-5(8-7)4-6(9)10/h1,5,8H,3-4H2,(H,9,10). The van der Waals surface area contributed by atoms with Gasteiger partial charge in [-0.15, -0.1) is 12.3 Å². The smallest absolute Gasteiger partial charge is 0.304 e. The molecular weight excluding hydrogens is 245 g/mol. The Hall–Kier alpha value is -0.280. The largest absolute Gasteiger partial charge is 0.481 e. The summed E-state index contributed by atoms with van der Waals surface area (Å²) in [5.74, 6) is 1.56. The summed E-state index contributed by atoms with van der Waals surface area (Å²) in [7, 11) is 0. The molecular formula is C6H8INO2. The van der Waals surface area contributed by atoms with E-state index in [1.165, 1.54) is 0 Å². The number of terminal acetylenes is 1. The molecule has 0 aromatic rings. The highest BCUT2D eigenvalue weighted by atomic mass is 127. The molecule has 0 aliphatic rings. The Morgan fingerprint density at radius 2 is 2.50 bits per heavy atom. The lowest BCUT2D eigenvalue weighted by Gasteiger charge is -2.06. The van der Waals surface area contributed by atoms with Crippen molar-refractivity contribution in [2.24, 2.45) is 0 Å². The van der Waals surface area contributed by atoms with Crippen molar-refractivity contribution in [2.75, 3.05) is 0 Å². The van der Waals surface area contributed by atoms with Gasteiger partial charge >= 0.3 is 5.97 Å². The van der Waals surface area contributed by atoms with E-state index < -0.39 is 5.97 Å². The van der Waals surface area contributed by atoms with Crippen LogP contribution >= 0.6 is 22.9 Å². The maximum Gasteiger partial charge on any atom is 0.304 e. The number of halogens is 1. The molecule has 0 radical (unpaired) electrons. The van der Waals surface area contributed by atoms with Gasteiger partial charge < -0.3 is 5.11 Å². The molecule has 3 nitrogen and oxygen atoms in total. The van der Waals surface area contributed by atoms with Crippen LogP contribution in [0.1, 0.15) is 12.8 Å². The van der Waals surface area contributed by atoms with Gasteiger partial charge in [-0.1, -0.05) is 0 Å². The number of aliphatic carboxylic acids is 1. The topological polar surface area (TPSA) is 49.3 Å². The second-order valence-electron chi connectivity index (χ2n) is 1.81. The lowest BCUT2D eigenvalue weighted by molar-refractivity contribution is -0.137. The Kier molecular flexibility index (Phi) is 5.35. The number of hydrogen-bond acceptors (Lipinski definition) is 2. The average Bonchev–Trinajstić information content (AvgIpc) is 1.86. The normalized spacial score (nSPS) is 12.0. The van der Waals surface area contributed by atoms with Gasteiger partial charge in [-0.2, -0.15) is 0 Å². The molecule has 0 aromatic carbocycles. The van der Waals surface area contributed by atoms with Crippen LogP contribution in [-0.2, 0) is 4.79 Å². The average molecular weight is 253 g/mol. The molecule has 0 aromatic heterocycles. The second kappa shape index (κ2) is 5.50. The molecule has 0 bridgehead atoms. The highest BCUT2D eigenvalue weighted by Gasteiger charge is 2.08. The maximum atomic E-state index is 10.1. The predicted octanol–water partition coefficient (Wildman–Crippen LogP) is 0.793. The van der Waals surface area contributed by atoms with Gasteiger partial charge in [0.15, 0.2) is 0 Å². The molecule has 0 saturated heterocycles. The van der Waals surface area contributed by atoms with Crippen molar-refractivity contribution < 1.29 is 9.90 Å². The molecule has 56 valence electrons. The van der Waals surface area contributed by atoms with Gasteiger partial charge in [-0.25, -0.2) is 0 Å². The molecule has 0 amide bonds. The number of carboxylic acids is 1. The second-order valence-corrected chi connectivity index (χ2v) is 2.43. The SMILES string of the molecule is C#CCC(CC(=O)O)NI. The van der Waals surface area contributed by atoms with Crippen LogP contribution in [0, 0.1) is 12.3 Å². The van der Waals surface area contributed by atoms with E-state index in [2.05, 4.69) is 9.45 Å². The van der Waals surface area contributed by atoms with Crippen LogP contribution in [0.3, 0.4) is 0 Å². The quantitative estimate of drug-likeness (QED) is 0.442. The molecule has 0 aliphatic carbocycles. The first-order valence-corrected chi connectivity index (χ1v) is 3.80. The number of carboxylic acid groups (broad SMARTS) is 1. The molecule has 2 N–H and O–H groups in total. The van der Waals surface area contributed by atoms with Crippen molar-refractivity contribution in [1.82, 2.24) is 3.53 Å². The summed E-state index contributed by atoms with van der Waals surface area (Å²) in [6.07, 6.45) is 5.52. The van der Waals surface area contributed by atoms with Crippen LogP contribution in [0.5, 0.6) is 0 Å². The van der Waals surface area contributed by atoms with Crippen molar-refractivity contribution in [3.8, 4) is 12.3 Å². The fourth-order valence-corrected chi connectivity index (χ4v) is 0.943. The van der Waals surface area contributed by atoms with E-state index in [4.69, 9.17) is 11.5 Å². The van der Waals surface area contributed by atoms with Crippen molar-refractivity contribution >= 4 is 28.8 Å². The number of carbonyl (C=O) groups is 1. The minimum Gasteiger partial charge on any atom is -0.481 e. The van der Waals surface area contributed by atoms with Crippen molar-refractivity contribution in [2.45, 2.75) is 18.9 Å². The van der Waals surface area contributed by atoms with E-state index >= 15 is 0 Å². The van der Waals surface area contributed by atoms with Gasteiger partial charge in [0.2, 0.25) is 0 Å². The zero-order chi connectivity index (χ0) is 7.98. The van der Waals surface area contributed by atoms with Gasteiger partial charge in [0.1, 0.15) is 0 Å². The van der Waals surface area contributed by atoms with Gasteiger partial charge in [0.05, 0.1) is 6.42 Å². The fourth-order valence-electron chi connectivity index (χ4n) is 0.502. The van der Waals surface area contributed by atoms with Crippen molar-refractivity contribution in [3.63, 3.8) is 0 Å². The number of rotatable bonds is 4. The minimum atomic E-state index is -0.829. The molecule has 4 heteroatoms. The molecule has 0 rings (SSSR count). The molecule has 1 atom stereocenters. The first-order chi connectivity index (χ1) is 4.70. The number of hydrogen-bond donors (Lipinski definition) is 2. The van der Waals surface area contributed by atoms with Crippen LogP contribution in [0.2, 0.25) is 0 Å². The zero-order valence-electron chi connectivity index (χ0n) is 5.30. The minimum absolute atomic E-state index is 0.0765. The lowest BCUT2D eigenvalue weighted by Crippen LogP contribution is -2.22. The third-order valence-corrected chi connectivity index (χ3v) is 1.82. The van der Waals surface area contributed by atoms with E-state index in [-0.39, 0.29) is 12.5 Å². The van der Waals surface area contributed by atoms with Crippen LogP contribution in [0.25, 0.3) is 0 Å². The first-order valence-electron chi connectivity index (χ1n) is 2.72. The molecule has 0 heterocycles. The van der Waals surface area contributed by atoms with Crippen molar-refractivity contribution in [3.05, 3.63) is 0 Å². The highest BCUT2D eigenvalue weighted by Crippen LogP contribution is 1.98. The van der Waals surface area contributed by atoms with Crippen LogP contribution in [0.4, 0.5) is 0 Å². The summed E-state index contributed by atoms with van der Waals surface area (Å²) in [6.45, 7) is 0. The molecule has 0 spiro atoms. The first kappa shape index (κ1) is 9.72. The van der Waals surface area contributed by atoms with E-state index in [0.29, 0.717) is 6.42 Å². The monoisotopic (exact) mass is 253 g/mol. The molecule has 10 heavy (non-hydrogen) atoms. The summed E-state index contributed by atoms with van der Waals surface area (Å²) in [6, 6.07) is -0.108. The molecule has 1 unspecified atom stereocenters. The Morgan fingerprint density at radius 3 is 2.80 bits per heavy atom. The summed E-state index contributed by atoms with van der Waals surface area (Å²) >= 11 is 1.90. The van der Waals surface area contributed by atoms with Gasteiger partial charge in [-0.05, 0) is 0 Å². The highest BCUT2D eigenvalue weighted by molar-refractivity contribution is 14.1. The Labute approximate surface area is 73.7 Å². The Balaban J connectivity index is 3.62. The van der Waals surface area contributed by atoms with Crippen LogP contribution < -0.4 is 3.53 Å². The van der Waals surface area contributed by atoms with Gasteiger partial charge in [-0.3, -0.25) is 8.32 Å². The van der Waals surface area contributed by atoms with Crippen LogP contribution in [0.15, 0.2) is 0 Å². The third-order valence-electron chi connectivity index (χ3n) is 0.940. The van der Waals surface area contributed by atoms with Gasteiger partial charge in [0.25, 0.3) is 0 Å². The fraction of sp³-hybridized carbons (Fsp3) is 0.500.